The lowest BCUT2D eigenvalue weighted by Gasteiger charge is -2.02. The third-order valence-corrected chi connectivity index (χ3v) is 4.64. The Labute approximate surface area is 144 Å². The van der Waals surface area contributed by atoms with E-state index in [1.807, 2.05) is 12.1 Å². The molecule has 5 heteroatoms. The van der Waals surface area contributed by atoms with Crippen LogP contribution in [-0.2, 0) is 19.4 Å². The van der Waals surface area contributed by atoms with Crippen molar-refractivity contribution in [3.05, 3.63) is 77.8 Å². The van der Waals surface area contributed by atoms with E-state index in [-0.39, 0.29) is 5.82 Å². The van der Waals surface area contributed by atoms with Crippen molar-refractivity contribution >= 4 is 10.9 Å². The van der Waals surface area contributed by atoms with Crippen molar-refractivity contribution in [2.45, 2.75) is 19.4 Å². The van der Waals surface area contributed by atoms with E-state index >= 15 is 0 Å². The second-order valence-corrected chi connectivity index (χ2v) is 6.30. The highest BCUT2D eigenvalue weighted by Crippen LogP contribution is 2.30. The van der Waals surface area contributed by atoms with Gasteiger partial charge in [0.1, 0.15) is 23.0 Å². The molecule has 0 aliphatic carbocycles. The number of fused-ring (bicyclic) bond motifs is 4. The molecule has 0 saturated heterocycles. The van der Waals surface area contributed by atoms with E-state index in [1.165, 1.54) is 17.2 Å². The first-order valence-electron chi connectivity index (χ1n) is 8.32. The van der Waals surface area contributed by atoms with Gasteiger partial charge in [-0.05, 0) is 18.1 Å². The molecule has 3 heterocycles. The highest BCUT2D eigenvalue weighted by atomic mass is 19.1. The first-order valence-corrected chi connectivity index (χ1v) is 8.32. The molecule has 0 amide bonds. The SMILES string of the molecule is Fc1cccc2cnc(CCc3cn4c(n3)-c3ccccc3C4)nc12. The van der Waals surface area contributed by atoms with Gasteiger partial charge in [-0.25, -0.2) is 19.3 Å². The first-order chi connectivity index (χ1) is 12.3. The van der Waals surface area contributed by atoms with Gasteiger partial charge >= 0.3 is 0 Å². The average molecular weight is 330 g/mol. The summed E-state index contributed by atoms with van der Waals surface area (Å²) in [5, 5.41) is 0.723. The van der Waals surface area contributed by atoms with Crippen LogP contribution in [0.1, 0.15) is 17.1 Å². The molecule has 0 spiro atoms. The van der Waals surface area contributed by atoms with Crippen molar-refractivity contribution in [3.63, 3.8) is 0 Å². The maximum atomic E-state index is 13.9. The van der Waals surface area contributed by atoms with Crippen LogP contribution >= 0.6 is 0 Å². The van der Waals surface area contributed by atoms with Crippen molar-refractivity contribution in [3.8, 4) is 11.4 Å². The summed E-state index contributed by atoms with van der Waals surface area (Å²) in [5.41, 5.74) is 3.91. The molecule has 1 aliphatic heterocycles. The van der Waals surface area contributed by atoms with E-state index in [4.69, 9.17) is 4.98 Å². The van der Waals surface area contributed by atoms with Gasteiger partial charge in [-0.3, -0.25) is 0 Å². The highest BCUT2D eigenvalue weighted by Gasteiger charge is 2.20. The van der Waals surface area contributed by atoms with Crippen molar-refractivity contribution in [2.24, 2.45) is 0 Å². The molecule has 0 atom stereocenters. The summed E-state index contributed by atoms with van der Waals surface area (Å²) < 4.78 is 16.1. The predicted molar refractivity (Wildman–Crippen MR) is 93.7 cm³/mol. The number of nitrogens with zero attached hydrogens (tertiary/aromatic N) is 4. The van der Waals surface area contributed by atoms with E-state index in [0.717, 1.165) is 29.9 Å². The molecule has 0 saturated carbocycles. The Morgan fingerprint density at radius 1 is 1.00 bits per heavy atom. The van der Waals surface area contributed by atoms with Crippen molar-refractivity contribution in [2.75, 3.05) is 0 Å². The van der Waals surface area contributed by atoms with Gasteiger partial charge in [-0.2, -0.15) is 0 Å². The largest absolute Gasteiger partial charge is 0.326 e. The number of hydrogen-bond acceptors (Lipinski definition) is 3. The molecule has 2 aromatic carbocycles. The minimum absolute atomic E-state index is 0.307. The van der Waals surface area contributed by atoms with Gasteiger partial charge in [0, 0.05) is 36.3 Å². The van der Waals surface area contributed by atoms with E-state index in [0.29, 0.717) is 17.8 Å². The average Bonchev–Trinajstić information content (AvgIpc) is 3.18. The summed E-state index contributed by atoms with van der Waals surface area (Å²) in [6.07, 6.45) is 5.16. The number of hydrogen-bond donors (Lipinski definition) is 0. The molecule has 2 aromatic heterocycles. The summed E-state index contributed by atoms with van der Waals surface area (Å²) in [7, 11) is 0. The fourth-order valence-electron chi connectivity index (χ4n) is 3.40. The third kappa shape index (κ3) is 2.39. The monoisotopic (exact) mass is 330 g/mol. The van der Waals surface area contributed by atoms with E-state index in [9.17, 15) is 4.39 Å². The minimum atomic E-state index is -0.307. The molecule has 0 bridgehead atoms. The fourth-order valence-corrected chi connectivity index (χ4v) is 3.40. The maximum absolute atomic E-state index is 13.9. The molecular formula is C20H15FN4. The molecule has 0 radical (unpaired) electrons. The Hall–Kier alpha value is -3.08. The first kappa shape index (κ1) is 14.3. The summed E-state index contributed by atoms with van der Waals surface area (Å²) in [4.78, 5) is 13.5. The Balaban J connectivity index is 1.39. The zero-order valence-electron chi connectivity index (χ0n) is 13.5. The second-order valence-electron chi connectivity index (χ2n) is 6.30. The molecular weight excluding hydrogens is 315 g/mol. The van der Waals surface area contributed by atoms with Crippen LogP contribution in [-0.4, -0.2) is 19.5 Å². The van der Waals surface area contributed by atoms with Gasteiger partial charge in [-0.1, -0.05) is 36.4 Å². The van der Waals surface area contributed by atoms with Crippen LogP contribution in [0.2, 0.25) is 0 Å². The lowest BCUT2D eigenvalue weighted by Crippen LogP contribution is -2.00. The topological polar surface area (TPSA) is 43.6 Å². The summed E-state index contributed by atoms with van der Waals surface area (Å²) >= 11 is 0. The van der Waals surface area contributed by atoms with Crippen LogP contribution in [0.25, 0.3) is 22.3 Å². The molecule has 5 rings (SSSR count). The van der Waals surface area contributed by atoms with Crippen molar-refractivity contribution in [1.82, 2.24) is 19.5 Å². The fraction of sp³-hybridized carbons (Fsp3) is 0.150. The number of para-hydroxylation sites is 1. The molecule has 0 N–H and O–H groups in total. The summed E-state index contributed by atoms with van der Waals surface area (Å²) in [5.74, 6) is 1.36. The molecule has 0 fully saturated rings. The zero-order valence-corrected chi connectivity index (χ0v) is 13.5. The lowest BCUT2D eigenvalue weighted by molar-refractivity contribution is 0.635. The molecule has 0 unspecified atom stereocenters. The second kappa shape index (κ2) is 5.48. The maximum Gasteiger partial charge on any atom is 0.149 e. The van der Waals surface area contributed by atoms with Crippen LogP contribution in [0.4, 0.5) is 4.39 Å². The number of halogens is 1. The van der Waals surface area contributed by atoms with Gasteiger partial charge in [0.05, 0.1) is 5.69 Å². The minimum Gasteiger partial charge on any atom is -0.326 e. The Kier molecular flexibility index (Phi) is 3.13. The predicted octanol–water partition coefficient (Wildman–Crippen LogP) is 3.78. The number of aromatic nitrogens is 4. The van der Waals surface area contributed by atoms with Gasteiger partial charge < -0.3 is 4.57 Å². The van der Waals surface area contributed by atoms with Gasteiger partial charge in [0.15, 0.2) is 0 Å². The Morgan fingerprint density at radius 2 is 1.92 bits per heavy atom. The third-order valence-electron chi connectivity index (χ3n) is 4.64. The number of benzene rings is 2. The Morgan fingerprint density at radius 3 is 2.88 bits per heavy atom. The quantitative estimate of drug-likeness (QED) is 0.506. The molecule has 1 aliphatic rings. The number of imidazole rings is 1. The van der Waals surface area contributed by atoms with E-state index in [2.05, 4.69) is 38.9 Å². The zero-order chi connectivity index (χ0) is 16.8. The standard InChI is InChI=1S/C20H15FN4/c21-17-7-3-5-13-10-22-18(24-19(13)17)9-8-15-12-25-11-14-4-1-2-6-16(14)20(25)23-15/h1-7,10,12H,8-9,11H2. The van der Waals surface area contributed by atoms with Crippen molar-refractivity contribution < 1.29 is 4.39 Å². The van der Waals surface area contributed by atoms with Crippen LogP contribution < -0.4 is 0 Å². The van der Waals surface area contributed by atoms with Crippen LogP contribution in [0.5, 0.6) is 0 Å². The normalized spacial score (nSPS) is 12.4. The lowest BCUT2D eigenvalue weighted by atomic mass is 10.1. The van der Waals surface area contributed by atoms with Crippen LogP contribution in [0, 0.1) is 5.82 Å². The van der Waals surface area contributed by atoms with Gasteiger partial charge in [0.25, 0.3) is 0 Å². The van der Waals surface area contributed by atoms with Crippen LogP contribution in [0.15, 0.2) is 54.9 Å². The van der Waals surface area contributed by atoms with Gasteiger partial charge in [-0.15, -0.1) is 0 Å². The van der Waals surface area contributed by atoms with E-state index in [1.54, 1.807) is 12.3 Å². The van der Waals surface area contributed by atoms with E-state index < -0.39 is 0 Å². The number of aryl methyl sites for hydroxylation is 2. The summed E-state index contributed by atoms with van der Waals surface area (Å²) in [6.45, 7) is 0.871. The molecule has 122 valence electrons. The highest BCUT2D eigenvalue weighted by molar-refractivity contribution is 5.78. The molecule has 25 heavy (non-hydrogen) atoms. The molecule has 4 aromatic rings. The summed E-state index contributed by atoms with van der Waals surface area (Å²) in [6, 6.07) is 13.3. The van der Waals surface area contributed by atoms with Crippen LogP contribution in [0.3, 0.4) is 0 Å². The number of rotatable bonds is 3. The van der Waals surface area contributed by atoms with Gasteiger partial charge in [0.2, 0.25) is 0 Å². The van der Waals surface area contributed by atoms with Crippen molar-refractivity contribution in [1.29, 1.82) is 0 Å². The molecule has 4 nitrogen and oxygen atoms in total. The Bertz CT molecular complexity index is 1100. The smallest absolute Gasteiger partial charge is 0.149 e.